The zero-order valence-electron chi connectivity index (χ0n) is 16.5. The standard InChI is InChI=1S/C23H25N5O/c1-27(20-11-14-28(15-12-20)21-8-5-13-24-17-21)23(29)26-19-9-10-22(25-16-19)18-6-3-2-4-7-18/h2-10,13,16-17,20H,11-12,14-15H2,1H3,(H,26,29). The Morgan fingerprint density at radius 2 is 1.83 bits per heavy atom. The molecule has 0 atom stereocenters. The molecule has 2 aromatic heterocycles. The van der Waals surface area contributed by atoms with Crippen LogP contribution in [-0.2, 0) is 0 Å². The topological polar surface area (TPSA) is 61.4 Å². The number of nitrogens with zero attached hydrogens (tertiary/aromatic N) is 4. The number of hydrogen-bond donors (Lipinski definition) is 1. The molecule has 6 nitrogen and oxygen atoms in total. The highest BCUT2D eigenvalue weighted by molar-refractivity contribution is 5.89. The molecule has 148 valence electrons. The highest BCUT2D eigenvalue weighted by Crippen LogP contribution is 2.22. The van der Waals surface area contributed by atoms with Gasteiger partial charge >= 0.3 is 6.03 Å². The van der Waals surface area contributed by atoms with Crippen molar-refractivity contribution in [3.05, 3.63) is 73.2 Å². The molecular weight excluding hydrogens is 362 g/mol. The second kappa shape index (κ2) is 8.73. The van der Waals surface area contributed by atoms with E-state index < -0.39 is 0 Å². The quantitative estimate of drug-likeness (QED) is 0.726. The molecule has 1 aromatic carbocycles. The van der Waals surface area contributed by atoms with Gasteiger partial charge in [-0.1, -0.05) is 30.3 Å². The summed E-state index contributed by atoms with van der Waals surface area (Å²) in [5.41, 5.74) is 3.79. The third-order valence-corrected chi connectivity index (χ3v) is 5.43. The molecule has 1 aliphatic heterocycles. The van der Waals surface area contributed by atoms with Crippen LogP contribution in [0, 0.1) is 0 Å². The molecule has 1 N–H and O–H groups in total. The van der Waals surface area contributed by atoms with Crippen molar-refractivity contribution in [1.29, 1.82) is 0 Å². The lowest BCUT2D eigenvalue weighted by atomic mass is 10.0. The summed E-state index contributed by atoms with van der Waals surface area (Å²) in [5.74, 6) is 0. The minimum absolute atomic E-state index is 0.0981. The summed E-state index contributed by atoms with van der Waals surface area (Å²) in [4.78, 5) is 25.5. The van der Waals surface area contributed by atoms with Crippen LogP contribution in [0.4, 0.5) is 16.2 Å². The van der Waals surface area contributed by atoms with Crippen LogP contribution in [-0.4, -0.2) is 47.1 Å². The average Bonchev–Trinajstić information content (AvgIpc) is 2.80. The van der Waals surface area contributed by atoms with Crippen LogP contribution in [0.2, 0.25) is 0 Å². The Hall–Kier alpha value is -3.41. The summed E-state index contributed by atoms with van der Waals surface area (Å²) in [7, 11) is 1.87. The Morgan fingerprint density at radius 3 is 2.48 bits per heavy atom. The van der Waals surface area contributed by atoms with E-state index in [2.05, 4.69) is 26.3 Å². The summed E-state index contributed by atoms with van der Waals surface area (Å²) in [6.07, 6.45) is 7.26. The number of piperidine rings is 1. The minimum Gasteiger partial charge on any atom is -0.370 e. The monoisotopic (exact) mass is 387 g/mol. The van der Waals surface area contributed by atoms with Crippen LogP contribution >= 0.6 is 0 Å². The average molecular weight is 387 g/mol. The molecule has 0 radical (unpaired) electrons. The maximum absolute atomic E-state index is 12.7. The number of rotatable bonds is 4. The van der Waals surface area contributed by atoms with E-state index in [9.17, 15) is 4.79 Å². The summed E-state index contributed by atoms with van der Waals surface area (Å²) in [6, 6.07) is 18.0. The largest absolute Gasteiger partial charge is 0.370 e. The molecule has 1 saturated heterocycles. The van der Waals surface area contributed by atoms with E-state index in [0.717, 1.165) is 42.9 Å². The van der Waals surface area contributed by atoms with E-state index in [1.807, 2.05) is 66.7 Å². The second-order valence-electron chi connectivity index (χ2n) is 7.27. The normalized spacial score (nSPS) is 14.4. The maximum Gasteiger partial charge on any atom is 0.321 e. The molecule has 3 aromatic rings. The zero-order valence-corrected chi connectivity index (χ0v) is 16.5. The van der Waals surface area contributed by atoms with E-state index in [4.69, 9.17) is 0 Å². The Labute approximate surface area is 171 Å². The van der Waals surface area contributed by atoms with Gasteiger partial charge in [-0.2, -0.15) is 0 Å². The van der Waals surface area contributed by atoms with Crippen LogP contribution in [0.3, 0.4) is 0 Å². The third kappa shape index (κ3) is 4.54. The molecule has 4 rings (SSSR count). The van der Waals surface area contributed by atoms with E-state index >= 15 is 0 Å². The molecule has 3 heterocycles. The first-order valence-corrected chi connectivity index (χ1v) is 9.91. The first-order chi connectivity index (χ1) is 14.2. The summed E-state index contributed by atoms with van der Waals surface area (Å²) >= 11 is 0. The predicted molar refractivity (Wildman–Crippen MR) is 116 cm³/mol. The molecule has 0 bridgehead atoms. The van der Waals surface area contributed by atoms with E-state index in [-0.39, 0.29) is 12.1 Å². The molecule has 29 heavy (non-hydrogen) atoms. The number of carbonyl (C=O) groups excluding carboxylic acids is 1. The van der Waals surface area contributed by atoms with Gasteiger partial charge in [0.1, 0.15) is 0 Å². The van der Waals surface area contributed by atoms with Crippen molar-refractivity contribution in [1.82, 2.24) is 14.9 Å². The number of urea groups is 1. The molecule has 0 aliphatic carbocycles. The molecule has 0 spiro atoms. The SMILES string of the molecule is CN(C(=O)Nc1ccc(-c2ccccc2)nc1)C1CCN(c2cccnc2)CC1. The smallest absolute Gasteiger partial charge is 0.321 e. The van der Waals surface area contributed by atoms with Gasteiger partial charge in [0.15, 0.2) is 0 Å². The van der Waals surface area contributed by atoms with Gasteiger partial charge in [-0.15, -0.1) is 0 Å². The van der Waals surface area contributed by atoms with Crippen LogP contribution in [0.1, 0.15) is 12.8 Å². The van der Waals surface area contributed by atoms with Gasteiger partial charge in [-0.3, -0.25) is 9.97 Å². The Kier molecular flexibility index (Phi) is 5.70. The molecular formula is C23H25N5O. The van der Waals surface area contributed by atoms with Crippen LogP contribution in [0.25, 0.3) is 11.3 Å². The highest BCUT2D eigenvalue weighted by Gasteiger charge is 2.25. The van der Waals surface area contributed by atoms with Crippen molar-refractivity contribution in [3.8, 4) is 11.3 Å². The first kappa shape index (κ1) is 18.9. The van der Waals surface area contributed by atoms with Gasteiger partial charge in [-0.25, -0.2) is 4.79 Å². The third-order valence-electron chi connectivity index (χ3n) is 5.43. The van der Waals surface area contributed by atoms with Crippen LogP contribution in [0.15, 0.2) is 73.2 Å². The van der Waals surface area contributed by atoms with Gasteiger partial charge in [0.05, 0.1) is 29.5 Å². The van der Waals surface area contributed by atoms with Gasteiger partial charge < -0.3 is 15.1 Å². The maximum atomic E-state index is 12.7. The number of hydrogen-bond acceptors (Lipinski definition) is 4. The summed E-state index contributed by atoms with van der Waals surface area (Å²) < 4.78 is 0. The van der Waals surface area contributed by atoms with Gasteiger partial charge in [0.2, 0.25) is 0 Å². The van der Waals surface area contributed by atoms with Crippen LogP contribution in [0.5, 0.6) is 0 Å². The number of aromatic nitrogens is 2. The van der Waals surface area contributed by atoms with E-state index in [0.29, 0.717) is 5.69 Å². The molecule has 0 unspecified atom stereocenters. The molecule has 0 saturated carbocycles. The number of carbonyl (C=O) groups is 1. The minimum atomic E-state index is -0.0981. The first-order valence-electron chi connectivity index (χ1n) is 9.91. The number of pyridine rings is 2. The Balaban J connectivity index is 1.32. The summed E-state index contributed by atoms with van der Waals surface area (Å²) in [6.45, 7) is 1.84. The lowest BCUT2D eigenvalue weighted by Crippen LogP contribution is -2.47. The fraction of sp³-hybridized carbons (Fsp3) is 0.261. The van der Waals surface area contributed by atoms with Crippen molar-refractivity contribution in [2.24, 2.45) is 0 Å². The van der Waals surface area contributed by atoms with Crippen molar-refractivity contribution in [3.63, 3.8) is 0 Å². The molecule has 1 aliphatic rings. The zero-order chi connectivity index (χ0) is 20.1. The van der Waals surface area contributed by atoms with Crippen molar-refractivity contribution >= 4 is 17.4 Å². The second-order valence-corrected chi connectivity index (χ2v) is 7.27. The predicted octanol–water partition coefficient (Wildman–Crippen LogP) is 4.28. The Bertz CT molecular complexity index is 923. The van der Waals surface area contributed by atoms with Crippen molar-refractivity contribution in [2.45, 2.75) is 18.9 Å². The van der Waals surface area contributed by atoms with Crippen molar-refractivity contribution in [2.75, 3.05) is 30.4 Å². The van der Waals surface area contributed by atoms with Gasteiger partial charge in [0.25, 0.3) is 0 Å². The lowest BCUT2D eigenvalue weighted by Gasteiger charge is -2.37. The van der Waals surface area contributed by atoms with Gasteiger partial charge in [0, 0.05) is 37.9 Å². The fourth-order valence-electron chi connectivity index (χ4n) is 3.68. The Morgan fingerprint density at radius 1 is 1.03 bits per heavy atom. The lowest BCUT2D eigenvalue weighted by molar-refractivity contribution is 0.193. The number of benzene rings is 1. The van der Waals surface area contributed by atoms with E-state index in [1.54, 1.807) is 12.4 Å². The van der Waals surface area contributed by atoms with E-state index in [1.165, 1.54) is 0 Å². The van der Waals surface area contributed by atoms with Crippen molar-refractivity contribution < 1.29 is 4.79 Å². The summed E-state index contributed by atoms with van der Waals surface area (Å²) in [5, 5.41) is 2.96. The fourth-order valence-corrected chi connectivity index (χ4v) is 3.68. The van der Waals surface area contributed by atoms with Gasteiger partial charge in [-0.05, 0) is 37.1 Å². The molecule has 6 heteroatoms. The highest BCUT2D eigenvalue weighted by atomic mass is 16.2. The number of anilines is 2. The molecule has 1 fully saturated rings. The number of nitrogens with one attached hydrogen (secondary N) is 1. The number of amides is 2. The van der Waals surface area contributed by atoms with Crippen LogP contribution < -0.4 is 10.2 Å². The molecule has 2 amide bonds.